The zero-order chi connectivity index (χ0) is 38.6. The first-order valence-corrected chi connectivity index (χ1v) is 19.8. The monoisotopic (exact) mass is 754 g/mol. The topological polar surface area (TPSA) is 69.9 Å². The van der Waals surface area contributed by atoms with Gasteiger partial charge in [0.25, 0.3) is 0 Å². The van der Waals surface area contributed by atoms with E-state index in [1.54, 1.807) is 0 Å². The van der Waals surface area contributed by atoms with Crippen molar-refractivity contribution in [1.29, 1.82) is 0 Å². The summed E-state index contributed by atoms with van der Waals surface area (Å²) >= 11 is 0. The molecule has 4 heterocycles. The van der Waals surface area contributed by atoms with E-state index >= 15 is 0 Å². The molecular weight excluding hydrogens is 725 g/mol. The second-order valence-electron chi connectivity index (χ2n) is 15.1. The molecule has 0 fully saturated rings. The Hall–Kier alpha value is -8.09. The number of furan rings is 2. The summed E-state index contributed by atoms with van der Waals surface area (Å²) in [4.78, 5) is 16.0. The molecular formula is C53H30N4O2. The van der Waals surface area contributed by atoms with Gasteiger partial charge >= 0.3 is 0 Å². The van der Waals surface area contributed by atoms with Gasteiger partial charge in [-0.05, 0) is 64.7 Å². The molecule has 0 aliphatic heterocycles. The number of benzene rings is 9. The third-order valence-corrected chi connectivity index (χ3v) is 11.8. The van der Waals surface area contributed by atoms with Gasteiger partial charge in [0.1, 0.15) is 22.3 Å². The third kappa shape index (κ3) is 4.71. The van der Waals surface area contributed by atoms with Crippen molar-refractivity contribution in [3.8, 4) is 39.9 Å². The molecule has 0 aliphatic rings. The zero-order valence-corrected chi connectivity index (χ0v) is 31.4. The highest BCUT2D eigenvalue weighted by molar-refractivity contribution is 6.26. The van der Waals surface area contributed by atoms with Crippen LogP contribution in [-0.2, 0) is 0 Å². The van der Waals surface area contributed by atoms with Crippen LogP contribution in [0.15, 0.2) is 191 Å². The molecule has 274 valence electrons. The summed E-state index contributed by atoms with van der Waals surface area (Å²) in [5.41, 5.74) is 8.82. The lowest BCUT2D eigenvalue weighted by atomic mass is 9.96. The van der Waals surface area contributed by atoms with Gasteiger partial charge in [0.05, 0.1) is 22.3 Å². The fourth-order valence-electron chi connectivity index (χ4n) is 9.17. The summed E-state index contributed by atoms with van der Waals surface area (Å²) in [5.74, 6) is 1.64. The molecule has 0 N–H and O–H groups in total. The van der Waals surface area contributed by atoms with E-state index in [4.69, 9.17) is 23.8 Å². The molecule has 0 amide bonds. The van der Waals surface area contributed by atoms with Crippen LogP contribution in [0.5, 0.6) is 0 Å². The quantitative estimate of drug-likeness (QED) is 0.179. The van der Waals surface area contributed by atoms with E-state index in [0.29, 0.717) is 17.5 Å². The van der Waals surface area contributed by atoms with Gasteiger partial charge in [-0.25, -0.2) is 15.0 Å². The minimum absolute atomic E-state index is 0.516. The Bertz CT molecular complexity index is 3860. The molecule has 6 nitrogen and oxygen atoms in total. The standard InChI is InChI=1S/C53H30N4O2/c1-2-14-31(15-3-1)51-54-52(34-26-27-46-41(29-34)36-19-9-12-24-44(36)58-46)56-53(55-51)48-49(38-21-7-6-20-37(38)47-39-22-10-13-25-45(39)59-50(47)48)57-42-23-11-8-18-35(42)40-28-32-16-4-5-17-33(32)30-43(40)57/h1-30H. The van der Waals surface area contributed by atoms with E-state index in [9.17, 15) is 0 Å². The predicted octanol–water partition coefficient (Wildman–Crippen LogP) is 14.1. The molecule has 0 aliphatic carbocycles. The van der Waals surface area contributed by atoms with Gasteiger partial charge in [0, 0.05) is 48.8 Å². The normalized spacial score (nSPS) is 12.1. The summed E-state index contributed by atoms with van der Waals surface area (Å²) in [6.45, 7) is 0. The minimum Gasteiger partial charge on any atom is -0.456 e. The molecule has 0 bridgehead atoms. The first-order chi connectivity index (χ1) is 29.2. The van der Waals surface area contributed by atoms with Gasteiger partial charge in [0.15, 0.2) is 17.5 Å². The van der Waals surface area contributed by atoms with Crippen LogP contribution >= 0.6 is 0 Å². The first kappa shape index (κ1) is 32.0. The van der Waals surface area contributed by atoms with E-state index in [1.165, 1.54) is 10.8 Å². The number of hydrogen-bond donors (Lipinski definition) is 0. The highest BCUT2D eigenvalue weighted by Gasteiger charge is 2.28. The van der Waals surface area contributed by atoms with E-state index in [0.717, 1.165) is 98.8 Å². The molecule has 59 heavy (non-hydrogen) atoms. The second kappa shape index (κ2) is 12.2. The Morgan fingerprint density at radius 2 is 0.949 bits per heavy atom. The summed E-state index contributed by atoms with van der Waals surface area (Å²) in [6.07, 6.45) is 0. The maximum atomic E-state index is 7.04. The van der Waals surface area contributed by atoms with Gasteiger partial charge in [-0.3, -0.25) is 0 Å². The fourth-order valence-corrected chi connectivity index (χ4v) is 9.17. The van der Waals surface area contributed by atoms with Crippen molar-refractivity contribution in [2.45, 2.75) is 0 Å². The number of aromatic nitrogens is 4. The number of para-hydroxylation sites is 3. The van der Waals surface area contributed by atoms with Crippen LogP contribution in [0.4, 0.5) is 0 Å². The van der Waals surface area contributed by atoms with Gasteiger partial charge < -0.3 is 13.4 Å². The largest absolute Gasteiger partial charge is 0.456 e. The Morgan fingerprint density at radius 1 is 0.356 bits per heavy atom. The van der Waals surface area contributed by atoms with Crippen LogP contribution in [0.1, 0.15) is 0 Å². The van der Waals surface area contributed by atoms with Crippen molar-refractivity contribution in [2.75, 3.05) is 0 Å². The molecule has 13 rings (SSSR count). The van der Waals surface area contributed by atoms with Crippen LogP contribution in [0.25, 0.3) is 127 Å². The molecule has 9 aromatic carbocycles. The highest BCUT2D eigenvalue weighted by Crippen LogP contribution is 2.48. The summed E-state index contributed by atoms with van der Waals surface area (Å²) in [6, 6.07) is 63.2. The lowest BCUT2D eigenvalue weighted by Crippen LogP contribution is -2.05. The number of fused-ring (bicyclic) bond motifs is 12. The molecule has 13 aromatic rings. The van der Waals surface area contributed by atoms with Crippen LogP contribution in [-0.4, -0.2) is 19.5 Å². The Morgan fingerprint density at radius 3 is 1.76 bits per heavy atom. The van der Waals surface area contributed by atoms with Crippen molar-refractivity contribution < 1.29 is 8.83 Å². The van der Waals surface area contributed by atoms with Crippen molar-refractivity contribution >= 4 is 87.2 Å². The SMILES string of the molecule is c1ccc(-c2nc(-c3ccc4oc5ccccc5c4c3)nc(-c3c(-n4c5ccccc5c5cc6ccccc6cc54)c4ccccc4c4c3oc3ccccc34)n2)cc1. The molecule has 0 saturated carbocycles. The van der Waals surface area contributed by atoms with E-state index in [2.05, 4.69) is 114 Å². The van der Waals surface area contributed by atoms with Crippen molar-refractivity contribution in [1.82, 2.24) is 19.5 Å². The number of rotatable bonds is 4. The van der Waals surface area contributed by atoms with Crippen molar-refractivity contribution in [2.24, 2.45) is 0 Å². The fraction of sp³-hybridized carbons (Fsp3) is 0. The minimum atomic E-state index is 0.516. The number of hydrogen-bond acceptors (Lipinski definition) is 5. The Balaban J connectivity index is 1.22. The molecule has 0 saturated heterocycles. The summed E-state index contributed by atoms with van der Waals surface area (Å²) in [5, 5.41) is 10.9. The summed E-state index contributed by atoms with van der Waals surface area (Å²) < 4.78 is 15.7. The maximum Gasteiger partial charge on any atom is 0.170 e. The van der Waals surface area contributed by atoms with Crippen LogP contribution in [0, 0.1) is 0 Å². The predicted molar refractivity (Wildman–Crippen MR) is 240 cm³/mol. The molecule has 4 aromatic heterocycles. The van der Waals surface area contributed by atoms with Gasteiger partial charge in [0.2, 0.25) is 0 Å². The van der Waals surface area contributed by atoms with Crippen molar-refractivity contribution in [3.63, 3.8) is 0 Å². The summed E-state index contributed by atoms with van der Waals surface area (Å²) in [7, 11) is 0. The van der Waals surface area contributed by atoms with Crippen molar-refractivity contribution in [3.05, 3.63) is 182 Å². The average Bonchev–Trinajstić information content (AvgIpc) is 3.97. The van der Waals surface area contributed by atoms with Crippen LogP contribution in [0.2, 0.25) is 0 Å². The molecule has 0 unspecified atom stereocenters. The van der Waals surface area contributed by atoms with Crippen LogP contribution in [0.3, 0.4) is 0 Å². The second-order valence-corrected chi connectivity index (χ2v) is 15.1. The third-order valence-electron chi connectivity index (χ3n) is 11.8. The lowest BCUT2D eigenvalue weighted by Gasteiger charge is -2.18. The maximum absolute atomic E-state index is 7.04. The highest BCUT2D eigenvalue weighted by atomic mass is 16.3. The Kier molecular flexibility index (Phi) is 6.63. The Labute approximate surface area is 336 Å². The van der Waals surface area contributed by atoms with Crippen LogP contribution < -0.4 is 0 Å². The van der Waals surface area contributed by atoms with Gasteiger partial charge in [-0.15, -0.1) is 0 Å². The molecule has 0 atom stereocenters. The van der Waals surface area contributed by atoms with Gasteiger partial charge in [-0.2, -0.15) is 0 Å². The van der Waals surface area contributed by atoms with E-state index < -0.39 is 0 Å². The average molecular weight is 755 g/mol. The number of nitrogens with zero attached hydrogens (tertiary/aromatic N) is 4. The smallest absolute Gasteiger partial charge is 0.170 e. The zero-order valence-electron chi connectivity index (χ0n) is 31.4. The molecule has 0 spiro atoms. The van der Waals surface area contributed by atoms with E-state index in [1.807, 2.05) is 72.8 Å². The molecule has 6 heteroatoms. The van der Waals surface area contributed by atoms with E-state index in [-0.39, 0.29) is 0 Å². The first-order valence-electron chi connectivity index (χ1n) is 19.8. The molecule has 0 radical (unpaired) electrons. The lowest BCUT2D eigenvalue weighted by molar-refractivity contribution is 0.669. The van der Waals surface area contributed by atoms with Gasteiger partial charge in [-0.1, -0.05) is 133 Å².